The molecule has 0 spiro atoms. The predicted octanol–water partition coefficient (Wildman–Crippen LogP) is 3.67. The average Bonchev–Trinajstić information content (AvgIpc) is 3.37. The number of ether oxygens (including phenoxy) is 1. The van der Waals surface area contributed by atoms with Crippen molar-refractivity contribution in [2.45, 2.75) is 37.1 Å². The maximum absolute atomic E-state index is 12.4. The van der Waals surface area contributed by atoms with E-state index in [-0.39, 0.29) is 23.1 Å². The zero-order valence-corrected chi connectivity index (χ0v) is 14.7. The van der Waals surface area contributed by atoms with Crippen molar-refractivity contribution in [3.8, 4) is 5.75 Å². The highest BCUT2D eigenvalue weighted by molar-refractivity contribution is 7.99. The summed E-state index contributed by atoms with van der Waals surface area (Å²) >= 11 is 1.24. The number of hydrogen-bond donors (Lipinski definition) is 1. The van der Waals surface area contributed by atoms with Gasteiger partial charge in [-0.3, -0.25) is 4.79 Å². The quantitative estimate of drug-likeness (QED) is 0.531. The largest absolute Gasteiger partial charge is 0.433 e. The van der Waals surface area contributed by atoms with Crippen LogP contribution >= 0.6 is 11.8 Å². The number of carbonyl (C=O) groups excluding carboxylic acids is 1. The number of aromatic nitrogens is 3. The van der Waals surface area contributed by atoms with Gasteiger partial charge in [-0.2, -0.15) is 8.78 Å². The van der Waals surface area contributed by atoms with Gasteiger partial charge >= 0.3 is 6.61 Å². The van der Waals surface area contributed by atoms with E-state index in [4.69, 9.17) is 0 Å². The van der Waals surface area contributed by atoms with Crippen molar-refractivity contribution >= 4 is 23.4 Å². The van der Waals surface area contributed by atoms with Crippen LogP contribution in [0.4, 0.5) is 14.5 Å². The standard InChI is InChI=1S/C17H18F2N4O2S/c1-2-9-23-15(11-7-8-11)21-22-17(23)26-10-14(24)20-12-5-3-4-6-13(12)25-16(18)19/h2-6,11,16H,1,7-10H2,(H,20,24). The van der Waals surface area contributed by atoms with Gasteiger partial charge in [-0.1, -0.05) is 30.0 Å². The van der Waals surface area contributed by atoms with Gasteiger partial charge < -0.3 is 14.6 Å². The van der Waals surface area contributed by atoms with Crippen LogP contribution in [0.2, 0.25) is 0 Å². The van der Waals surface area contributed by atoms with E-state index in [1.807, 2.05) is 4.57 Å². The van der Waals surface area contributed by atoms with E-state index in [1.165, 1.54) is 23.9 Å². The summed E-state index contributed by atoms with van der Waals surface area (Å²) in [6.45, 7) is 1.36. The SMILES string of the molecule is C=CCn1c(SCC(=O)Nc2ccccc2OC(F)F)nnc1C1CC1. The van der Waals surface area contributed by atoms with Crippen LogP contribution in [0.15, 0.2) is 42.1 Å². The van der Waals surface area contributed by atoms with Crippen molar-refractivity contribution in [2.24, 2.45) is 0 Å². The lowest BCUT2D eigenvalue weighted by molar-refractivity contribution is -0.113. The van der Waals surface area contributed by atoms with Gasteiger partial charge in [0.1, 0.15) is 11.6 Å². The lowest BCUT2D eigenvalue weighted by Gasteiger charge is -2.11. The summed E-state index contributed by atoms with van der Waals surface area (Å²) in [6.07, 6.45) is 3.96. The zero-order chi connectivity index (χ0) is 18.5. The Balaban J connectivity index is 1.62. The molecule has 6 nitrogen and oxygen atoms in total. The summed E-state index contributed by atoms with van der Waals surface area (Å²) in [4.78, 5) is 12.2. The van der Waals surface area contributed by atoms with Crippen LogP contribution in [0.5, 0.6) is 5.75 Å². The third kappa shape index (κ3) is 4.60. The Bertz CT molecular complexity index is 793. The summed E-state index contributed by atoms with van der Waals surface area (Å²) in [5.74, 6) is 1.00. The first-order valence-electron chi connectivity index (χ1n) is 8.09. The van der Waals surface area contributed by atoms with E-state index in [0.717, 1.165) is 18.7 Å². The number of thioether (sulfide) groups is 1. The fourth-order valence-corrected chi connectivity index (χ4v) is 3.19. The van der Waals surface area contributed by atoms with Gasteiger partial charge in [0, 0.05) is 12.5 Å². The number of allylic oxidation sites excluding steroid dienone is 1. The van der Waals surface area contributed by atoms with Crippen LogP contribution < -0.4 is 10.1 Å². The number of rotatable bonds is 9. The monoisotopic (exact) mass is 380 g/mol. The topological polar surface area (TPSA) is 69.0 Å². The lowest BCUT2D eigenvalue weighted by atomic mass is 10.3. The van der Waals surface area contributed by atoms with Gasteiger partial charge in [-0.05, 0) is 25.0 Å². The number of nitrogens with zero attached hydrogens (tertiary/aromatic N) is 3. The van der Waals surface area contributed by atoms with Gasteiger partial charge in [0.25, 0.3) is 0 Å². The molecular formula is C17H18F2N4O2S. The van der Waals surface area contributed by atoms with E-state index >= 15 is 0 Å². The lowest BCUT2D eigenvalue weighted by Crippen LogP contribution is -2.16. The molecule has 138 valence electrons. The molecule has 1 fully saturated rings. The highest BCUT2D eigenvalue weighted by Gasteiger charge is 2.30. The molecule has 0 bridgehead atoms. The first kappa shape index (κ1) is 18.4. The maximum atomic E-state index is 12.4. The molecule has 1 aliphatic rings. The number of hydrogen-bond acceptors (Lipinski definition) is 5. The molecule has 1 N–H and O–H groups in total. The Morgan fingerprint density at radius 2 is 2.19 bits per heavy atom. The fourth-order valence-electron chi connectivity index (χ4n) is 2.44. The zero-order valence-electron chi connectivity index (χ0n) is 13.9. The number of amides is 1. The van der Waals surface area contributed by atoms with E-state index in [9.17, 15) is 13.6 Å². The van der Waals surface area contributed by atoms with Crippen LogP contribution in [-0.2, 0) is 11.3 Å². The second-order valence-electron chi connectivity index (χ2n) is 5.73. The minimum absolute atomic E-state index is 0.0724. The van der Waals surface area contributed by atoms with E-state index in [2.05, 4.69) is 26.8 Å². The molecule has 1 heterocycles. The second-order valence-corrected chi connectivity index (χ2v) is 6.67. The molecule has 26 heavy (non-hydrogen) atoms. The van der Waals surface area contributed by atoms with Gasteiger partial charge in [0.2, 0.25) is 5.91 Å². The molecule has 1 aromatic heterocycles. The molecule has 1 aromatic carbocycles. The molecule has 3 rings (SSSR count). The van der Waals surface area contributed by atoms with E-state index < -0.39 is 6.61 Å². The summed E-state index contributed by atoms with van der Waals surface area (Å²) in [6, 6.07) is 6.06. The van der Waals surface area contributed by atoms with E-state index in [0.29, 0.717) is 17.6 Å². The molecule has 1 amide bonds. The average molecular weight is 380 g/mol. The molecular weight excluding hydrogens is 362 g/mol. The smallest absolute Gasteiger partial charge is 0.387 e. The third-order valence-corrected chi connectivity index (χ3v) is 4.68. The first-order valence-corrected chi connectivity index (χ1v) is 9.07. The van der Waals surface area contributed by atoms with Crippen LogP contribution in [0.1, 0.15) is 24.6 Å². The normalized spacial score (nSPS) is 13.7. The number of anilines is 1. The molecule has 1 aliphatic carbocycles. The van der Waals surface area contributed by atoms with Crippen molar-refractivity contribution in [1.82, 2.24) is 14.8 Å². The summed E-state index contributed by atoms with van der Waals surface area (Å²) in [5.41, 5.74) is 0.199. The molecule has 0 atom stereocenters. The van der Waals surface area contributed by atoms with Gasteiger partial charge in [-0.15, -0.1) is 16.8 Å². The van der Waals surface area contributed by atoms with Crippen LogP contribution in [0, 0.1) is 0 Å². The van der Waals surface area contributed by atoms with Gasteiger partial charge in [0.15, 0.2) is 5.16 Å². The number of benzene rings is 1. The molecule has 2 aromatic rings. The predicted molar refractivity (Wildman–Crippen MR) is 94.6 cm³/mol. The Morgan fingerprint density at radius 3 is 2.88 bits per heavy atom. The van der Waals surface area contributed by atoms with Gasteiger partial charge in [-0.25, -0.2) is 0 Å². The third-order valence-electron chi connectivity index (χ3n) is 3.71. The molecule has 9 heteroatoms. The van der Waals surface area contributed by atoms with Crippen LogP contribution in [0.25, 0.3) is 0 Å². The summed E-state index contributed by atoms with van der Waals surface area (Å²) < 4.78 is 31.2. The molecule has 1 saturated carbocycles. The summed E-state index contributed by atoms with van der Waals surface area (Å²) in [7, 11) is 0. The number of para-hydroxylation sites is 2. The molecule has 0 aliphatic heterocycles. The number of alkyl halides is 2. The molecule has 0 saturated heterocycles. The molecule has 0 radical (unpaired) electrons. The second kappa shape index (κ2) is 8.31. The van der Waals surface area contributed by atoms with Crippen molar-refractivity contribution in [1.29, 1.82) is 0 Å². The minimum Gasteiger partial charge on any atom is -0.433 e. The molecule has 0 unspecified atom stereocenters. The Kier molecular flexibility index (Phi) is 5.87. The van der Waals surface area contributed by atoms with E-state index in [1.54, 1.807) is 18.2 Å². The fraction of sp³-hybridized carbons (Fsp3) is 0.353. The number of carbonyl (C=O) groups is 1. The maximum Gasteiger partial charge on any atom is 0.387 e. The Hall–Kier alpha value is -2.42. The summed E-state index contributed by atoms with van der Waals surface area (Å²) in [5, 5.41) is 11.6. The number of halogens is 2. The Labute approximate surface area is 153 Å². The van der Waals surface area contributed by atoms with Gasteiger partial charge in [0.05, 0.1) is 11.4 Å². The van der Waals surface area contributed by atoms with Crippen molar-refractivity contribution in [2.75, 3.05) is 11.1 Å². The van der Waals surface area contributed by atoms with Crippen LogP contribution in [-0.4, -0.2) is 33.0 Å². The number of nitrogens with one attached hydrogen (secondary N) is 1. The minimum atomic E-state index is -2.96. The van der Waals surface area contributed by atoms with Crippen molar-refractivity contribution in [3.63, 3.8) is 0 Å². The van der Waals surface area contributed by atoms with Crippen LogP contribution in [0.3, 0.4) is 0 Å². The van der Waals surface area contributed by atoms with Crippen molar-refractivity contribution < 1.29 is 18.3 Å². The highest BCUT2D eigenvalue weighted by atomic mass is 32.2. The Morgan fingerprint density at radius 1 is 1.42 bits per heavy atom. The highest BCUT2D eigenvalue weighted by Crippen LogP contribution is 2.40. The first-order chi connectivity index (χ1) is 12.6. The van der Waals surface area contributed by atoms with Crippen molar-refractivity contribution in [3.05, 3.63) is 42.7 Å².